The van der Waals surface area contributed by atoms with Gasteiger partial charge in [0, 0.05) is 20.2 Å². The van der Waals surface area contributed by atoms with Crippen molar-refractivity contribution in [3.63, 3.8) is 0 Å². The molecule has 1 aromatic rings. The summed E-state index contributed by atoms with van der Waals surface area (Å²) in [6.45, 7) is 7.98. The Bertz CT molecular complexity index is 542. The number of hydrogen-bond acceptors (Lipinski definition) is 4. The second-order valence-corrected chi connectivity index (χ2v) is 6.45. The van der Waals surface area contributed by atoms with E-state index in [-0.39, 0.29) is 6.54 Å². The van der Waals surface area contributed by atoms with E-state index in [1.165, 1.54) is 0 Å². The van der Waals surface area contributed by atoms with Crippen LogP contribution in [-0.4, -0.2) is 35.2 Å². The van der Waals surface area contributed by atoms with Gasteiger partial charge in [-0.05, 0) is 43.1 Å². The lowest BCUT2D eigenvalue weighted by atomic mass is 10.1. The van der Waals surface area contributed by atoms with E-state index in [1.54, 1.807) is 13.2 Å². The van der Waals surface area contributed by atoms with Crippen LogP contribution in [-0.2, 0) is 21.3 Å². The molecule has 114 valence electrons. The van der Waals surface area contributed by atoms with E-state index in [1.807, 2.05) is 26.8 Å². The van der Waals surface area contributed by atoms with Gasteiger partial charge < -0.3 is 10.1 Å². The highest BCUT2D eigenvalue weighted by atomic mass is 32.2. The maximum atomic E-state index is 12.3. The summed E-state index contributed by atoms with van der Waals surface area (Å²) in [6, 6.07) is 3.67. The minimum atomic E-state index is -3.49. The normalized spacial score (nSPS) is 11.8. The Labute approximate surface area is 121 Å². The van der Waals surface area contributed by atoms with Gasteiger partial charge in [0.2, 0.25) is 10.0 Å². The van der Waals surface area contributed by atoms with Crippen LogP contribution in [0.4, 0.5) is 0 Å². The number of ether oxygens (including phenoxy) is 1. The van der Waals surface area contributed by atoms with Gasteiger partial charge in [-0.15, -0.1) is 0 Å². The van der Waals surface area contributed by atoms with Crippen molar-refractivity contribution < 1.29 is 13.2 Å². The van der Waals surface area contributed by atoms with Gasteiger partial charge in [0.15, 0.2) is 0 Å². The van der Waals surface area contributed by atoms with Crippen molar-refractivity contribution in [3.05, 3.63) is 28.8 Å². The van der Waals surface area contributed by atoms with Crippen molar-refractivity contribution in [1.82, 2.24) is 10.0 Å². The van der Waals surface area contributed by atoms with Gasteiger partial charge in [0.1, 0.15) is 0 Å². The largest absolute Gasteiger partial charge is 0.383 e. The minimum Gasteiger partial charge on any atom is -0.383 e. The quantitative estimate of drug-likeness (QED) is 0.711. The fraction of sp³-hybridized carbons (Fsp3) is 0.571. The first kappa shape index (κ1) is 17.1. The maximum absolute atomic E-state index is 12.3. The lowest BCUT2D eigenvalue weighted by Gasteiger charge is -2.14. The Kier molecular flexibility index (Phi) is 6.61. The second kappa shape index (κ2) is 7.73. The van der Waals surface area contributed by atoms with E-state index < -0.39 is 10.0 Å². The fourth-order valence-corrected chi connectivity index (χ4v) is 3.26. The van der Waals surface area contributed by atoms with E-state index in [4.69, 9.17) is 4.74 Å². The molecule has 0 aliphatic carbocycles. The molecule has 6 heteroatoms. The van der Waals surface area contributed by atoms with Crippen molar-refractivity contribution in [1.29, 1.82) is 0 Å². The van der Waals surface area contributed by atoms with Crippen LogP contribution >= 0.6 is 0 Å². The van der Waals surface area contributed by atoms with Gasteiger partial charge in [-0.25, -0.2) is 13.1 Å². The van der Waals surface area contributed by atoms with Gasteiger partial charge in [-0.2, -0.15) is 0 Å². The Morgan fingerprint density at radius 1 is 1.20 bits per heavy atom. The third-order valence-corrected chi connectivity index (χ3v) is 4.69. The molecule has 0 aliphatic rings. The topological polar surface area (TPSA) is 67.4 Å². The van der Waals surface area contributed by atoms with E-state index >= 15 is 0 Å². The molecule has 0 fully saturated rings. The van der Waals surface area contributed by atoms with Gasteiger partial charge in [-0.3, -0.25) is 0 Å². The van der Waals surface area contributed by atoms with Gasteiger partial charge >= 0.3 is 0 Å². The van der Waals surface area contributed by atoms with Crippen LogP contribution in [0.5, 0.6) is 0 Å². The number of rotatable bonds is 8. The Hall–Kier alpha value is -0.950. The van der Waals surface area contributed by atoms with Crippen LogP contribution in [0.1, 0.15) is 23.6 Å². The summed E-state index contributed by atoms with van der Waals surface area (Å²) < 4.78 is 32.0. The summed E-state index contributed by atoms with van der Waals surface area (Å²) >= 11 is 0. The Balaban J connectivity index is 3.04. The zero-order chi connectivity index (χ0) is 15.2. The van der Waals surface area contributed by atoms with Crippen molar-refractivity contribution in [3.8, 4) is 0 Å². The molecule has 5 nitrogen and oxygen atoms in total. The van der Waals surface area contributed by atoms with E-state index in [2.05, 4.69) is 10.0 Å². The first-order valence-electron chi connectivity index (χ1n) is 6.71. The third-order valence-electron chi connectivity index (χ3n) is 3.09. The van der Waals surface area contributed by atoms with Crippen LogP contribution in [0.3, 0.4) is 0 Å². The first-order chi connectivity index (χ1) is 9.42. The molecule has 0 atom stereocenters. The monoisotopic (exact) mass is 300 g/mol. The Morgan fingerprint density at radius 3 is 2.50 bits per heavy atom. The number of benzene rings is 1. The van der Waals surface area contributed by atoms with Crippen molar-refractivity contribution in [2.45, 2.75) is 32.2 Å². The maximum Gasteiger partial charge on any atom is 0.240 e. The average Bonchev–Trinajstić information content (AvgIpc) is 2.37. The number of nitrogens with one attached hydrogen (secondary N) is 2. The number of hydrogen-bond donors (Lipinski definition) is 2. The molecule has 0 spiro atoms. The van der Waals surface area contributed by atoms with Crippen LogP contribution in [0.25, 0.3) is 0 Å². The summed E-state index contributed by atoms with van der Waals surface area (Å²) in [5.41, 5.74) is 2.86. The summed E-state index contributed by atoms with van der Waals surface area (Å²) in [5.74, 6) is 0. The molecule has 20 heavy (non-hydrogen) atoms. The van der Waals surface area contributed by atoms with Crippen molar-refractivity contribution >= 4 is 10.0 Å². The van der Waals surface area contributed by atoms with E-state index in [0.29, 0.717) is 18.0 Å². The number of aryl methyl sites for hydroxylation is 2. The van der Waals surface area contributed by atoms with Gasteiger partial charge in [0.25, 0.3) is 0 Å². The number of methoxy groups -OCH3 is 1. The van der Waals surface area contributed by atoms with Gasteiger partial charge in [-0.1, -0.05) is 13.0 Å². The van der Waals surface area contributed by atoms with Crippen LogP contribution in [0.2, 0.25) is 0 Å². The van der Waals surface area contributed by atoms with Crippen molar-refractivity contribution in [2.75, 3.05) is 26.8 Å². The first-order valence-corrected chi connectivity index (χ1v) is 8.20. The zero-order valence-corrected chi connectivity index (χ0v) is 13.4. The molecular weight excluding hydrogens is 276 g/mol. The smallest absolute Gasteiger partial charge is 0.240 e. The van der Waals surface area contributed by atoms with Gasteiger partial charge in [0.05, 0.1) is 11.5 Å². The minimum absolute atomic E-state index is 0.273. The summed E-state index contributed by atoms with van der Waals surface area (Å²) in [7, 11) is -1.94. The third kappa shape index (κ3) is 4.56. The van der Waals surface area contributed by atoms with Crippen molar-refractivity contribution in [2.24, 2.45) is 0 Å². The summed E-state index contributed by atoms with van der Waals surface area (Å²) in [6.07, 6.45) is 0. The lowest BCUT2D eigenvalue weighted by molar-refractivity contribution is 0.204. The van der Waals surface area contributed by atoms with Crippen LogP contribution in [0.15, 0.2) is 17.0 Å². The molecule has 0 saturated carbocycles. The highest BCUT2D eigenvalue weighted by molar-refractivity contribution is 7.89. The fourth-order valence-electron chi connectivity index (χ4n) is 1.97. The molecule has 0 unspecified atom stereocenters. The highest BCUT2D eigenvalue weighted by Crippen LogP contribution is 2.20. The summed E-state index contributed by atoms with van der Waals surface area (Å²) in [4.78, 5) is 0.340. The van der Waals surface area contributed by atoms with E-state index in [0.717, 1.165) is 23.2 Å². The molecule has 1 rings (SSSR count). The molecule has 2 N–H and O–H groups in total. The molecule has 0 bridgehead atoms. The molecule has 0 amide bonds. The summed E-state index contributed by atoms with van der Waals surface area (Å²) in [5, 5.41) is 3.22. The molecule has 0 aromatic heterocycles. The SMILES string of the molecule is CCNCc1cc(S(=O)(=O)NCCOC)c(C)cc1C. The molecule has 1 aromatic carbocycles. The predicted octanol–water partition coefficient (Wildman–Crippen LogP) is 1.34. The Morgan fingerprint density at radius 2 is 1.90 bits per heavy atom. The molecule has 0 radical (unpaired) electrons. The highest BCUT2D eigenvalue weighted by Gasteiger charge is 2.17. The average molecular weight is 300 g/mol. The molecule has 0 saturated heterocycles. The van der Waals surface area contributed by atoms with E-state index in [9.17, 15) is 8.42 Å². The van der Waals surface area contributed by atoms with Crippen LogP contribution in [0, 0.1) is 13.8 Å². The second-order valence-electron chi connectivity index (χ2n) is 4.72. The number of sulfonamides is 1. The van der Waals surface area contributed by atoms with Crippen LogP contribution < -0.4 is 10.0 Å². The molecule has 0 aliphatic heterocycles. The zero-order valence-electron chi connectivity index (χ0n) is 12.6. The molecule has 0 heterocycles. The molecular formula is C14H24N2O3S. The lowest BCUT2D eigenvalue weighted by Crippen LogP contribution is -2.28. The standard InChI is InChI=1S/C14H24N2O3S/c1-5-15-10-13-9-14(12(3)8-11(13)2)20(17,18)16-6-7-19-4/h8-9,15-16H,5-7,10H2,1-4H3. The predicted molar refractivity (Wildman–Crippen MR) is 80.4 cm³/mol.